The lowest BCUT2D eigenvalue weighted by Crippen LogP contribution is -2.13. The molecule has 0 saturated carbocycles. The van der Waals surface area contributed by atoms with Crippen LogP contribution in [0.3, 0.4) is 0 Å². The molecule has 110 valence electrons. The third kappa shape index (κ3) is 3.94. The molecular weight excluding hydrogens is 260 g/mol. The molecule has 0 atom stereocenters. The number of hydrogen-bond acceptors (Lipinski definition) is 2. The van der Waals surface area contributed by atoms with Gasteiger partial charge < -0.3 is 4.74 Å². The SMILES string of the molecule is COc1ccc(-c2ccccc2C(=O)CC(C)(C)C)cc1. The molecule has 2 heteroatoms. The van der Waals surface area contributed by atoms with Gasteiger partial charge >= 0.3 is 0 Å². The van der Waals surface area contributed by atoms with Gasteiger partial charge in [0.25, 0.3) is 0 Å². The van der Waals surface area contributed by atoms with Crippen molar-refractivity contribution in [2.45, 2.75) is 27.2 Å². The Hall–Kier alpha value is -2.09. The summed E-state index contributed by atoms with van der Waals surface area (Å²) in [5, 5.41) is 0. The van der Waals surface area contributed by atoms with E-state index in [0.717, 1.165) is 22.4 Å². The number of carbonyl (C=O) groups excluding carboxylic acids is 1. The first-order valence-electron chi connectivity index (χ1n) is 7.17. The Kier molecular flexibility index (Phi) is 4.46. The largest absolute Gasteiger partial charge is 0.497 e. The fourth-order valence-electron chi connectivity index (χ4n) is 2.33. The van der Waals surface area contributed by atoms with E-state index in [1.54, 1.807) is 7.11 Å². The van der Waals surface area contributed by atoms with Crippen LogP contribution in [0.4, 0.5) is 0 Å². The number of methoxy groups -OCH3 is 1. The van der Waals surface area contributed by atoms with Crippen molar-refractivity contribution in [3.63, 3.8) is 0 Å². The van der Waals surface area contributed by atoms with Crippen LogP contribution in [0.15, 0.2) is 48.5 Å². The number of hydrogen-bond donors (Lipinski definition) is 0. The van der Waals surface area contributed by atoms with Crippen LogP contribution in [0, 0.1) is 5.41 Å². The molecule has 0 fully saturated rings. The average molecular weight is 282 g/mol. The zero-order valence-electron chi connectivity index (χ0n) is 13.1. The molecule has 2 aromatic carbocycles. The molecule has 0 unspecified atom stereocenters. The summed E-state index contributed by atoms with van der Waals surface area (Å²) in [6.45, 7) is 6.25. The molecule has 2 nitrogen and oxygen atoms in total. The first-order chi connectivity index (χ1) is 9.90. The van der Waals surface area contributed by atoms with Crippen LogP contribution in [0.1, 0.15) is 37.6 Å². The van der Waals surface area contributed by atoms with Crippen molar-refractivity contribution >= 4 is 5.78 Å². The smallest absolute Gasteiger partial charge is 0.164 e. The van der Waals surface area contributed by atoms with Crippen molar-refractivity contribution in [3.8, 4) is 16.9 Å². The zero-order valence-corrected chi connectivity index (χ0v) is 13.1. The van der Waals surface area contributed by atoms with Crippen molar-refractivity contribution in [2.75, 3.05) is 7.11 Å². The lowest BCUT2D eigenvalue weighted by Gasteiger charge is -2.18. The molecule has 2 aromatic rings. The minimum absolute atomic E-state index is 0.00982. The number of rotatable bonds is 4. The molecule has 0 aliphatic heterocycles. The number of ketones is 1. The molecule has 0 aliphatic carbocycles. The first kappa shape index (κ1) is 15.3. The summed E-state index contributed by atoms with van der Waals surface area (Å²) in [5.41, 5.74) is 2.80. The second-order valence-corrected chi connectivity index (χ2v) is 6.43. The van der Waals surface area contributed by atoms with E-state index in [9.17, 15) is 4.79 Å². The van der Waals surface area contributed by atoms with Crippen LogP contribution in [0.2, 0.25) is 0 Å². The second kappa shape index (κ2) is 6.13. The Morgan fingerprint density at radius 1 is 1.00 bits per heavy atom. The maximum absolute atomic E-state index is 12.6. The lowest BCUT2D eigenvalue weighted by molar-refractivity contribution is 0.0940. The van der Waals surface area contributed by atoms with Crippen molar-refractivity contribution in [1.29, 1.82) is 0 Å². The highest BCUT2D eigenvalue weighted by Gasteiger charge is 2.19. The molecular formula is C19H22O2. The van der Waals surface area contributed by atoms with Gasteiger partial charge in [-0.3, -0.25) is 4.79 Å². The molecule has 0 amide bonds. The standard InChI is InChI=1S/C19H22O2/c1-19(2,3)13-18(20)17-8-6-5-7-16(17)14-9-11-15(21-4)12-10-14/h5-12H,13H2,1-4H3. The Bertz CT molecular complexity index is 619. The van der Waals surface area contributed by atoms with E-state index >= 15 is 0 Å². The highest BCUT2D eigenvalue weighted by atomic mass is 16.5. The summed E-state index contributed by atoms with van der Waals surface area (Å²) in [6, 6.07) is 15.6. The van der Waals surface area contributed by atoms with Gasteiger partial charge in [-0.25, -0.2) is 0 Å². The first-order valence-corrected chi connectivity index (χ1v) is 7.17. The monoisotopic (exact) mass is 282 g/mol. The van der Waals surface area contributed by atoms with E-state index in [2.05, 4.69) is 20.8 Å². The van der Waals surface area contributed by atoms with Crippen LogP contribution in [-0.2, 0) is 0 Å². The summed E-state index contributed by atoms with van der Waals surface area (Å²) in [5.74, 6) is 1.01. The Morgan fingerprint density at radius 3 is 2.19 bits per heavy atom. The maximum atomic E-state index is 12.6. The topological polar surface area (TPSA) is 26.3 Å². The predicted molar refractivity (Wildman–Crippen MR) is 86.8 cm³/mol. The number of Topliss-reactive ketones (excluding diaryl/α,β-unsaturated/α-hetero) is 1. The minimum Gasteiger partial charge on any atom is -0.497 e. The summed E-state index contributed by atoms with van der Waals surface area (Å²) in [7, 11) is 1.65. The van der Waals surface area contributed by atoms with Gasteiger partial charge in [-0.1, -0.05) is 57.2 Å². The predicted octanol–water partition coefficient (Wildman–Crippen LogP) is 4.98. The second-order valence-electron chi connectivity index (χ2n) is 6.43. The van der Waals surface area contributed by atoms with Crippen LogP contribution in [-0.4, -0.2) is 12.9 Å². The molecule has 21 heavy (non-hydrogen) atoms. The van der Waals surface area contributed by atoms with E-state index in [1.807, 2.05) is 48.5 Å². The van der Waals surface area contributed by atoms with E-state index in [-0.39, 0.29) is 11.2 Å². The quantitative estimate of drug-likeness (QED) is 0.739. The molecule has 0 aliphatic rings. The summed E-state index contributed by atoms with van der Waals surface area (Å²) in [6.07, 6.45) is 0.542. The molecule has 0 bridgehead atoms. The van der Waals surface area contributed by atoms with E-state index in [0.29, 0.717) is 6.42 Å². The molecule has 0 spiro atoms. The van der Waals surface area contributed by atoms with E-state index in [1.165, 1.54) is 0 Å². The Balaban J connectivity index is 2.38. The highest BCUT2D eigenvalue weighted by molar-refractivity contribution is 6.02. The van der Waals surface area contributed by atoms with E-state index in [4.69, 9.17) is 4.74 Å². The summed E-state index contributed by atoms with van der Waals surface area (Å²) >= 11 is 0. The molecule has 0 radical (unpaired) electrons. The van der Waals surface area contributed by atoms with Gasteiger partial charge in [-0.15, -0.1) is 0 Å². The Morgan fingerprint density at radius 2 is 1.62 bits per heavy atom. The van der Waals surface area contributed by atoms with Crippen LogP contribution >= 0.6 is 0 Å². The molecule has 0 heterocycles. The van der Waals surface area contributed by atoms with E-state index < -0.39 is 0 Å². The molecule has 0 aromatic heterocycles. The maximum Gasteiger partial charge on any atom is 0.164 e. The molecule has 0 saturated heterocycles. The van der Waals surface area contributed by atoms with Gasteiger partial charge in [0.15, 0.2) is 5.78 Å². The van der Waals surface area contributed by atoms with Gasteiger partial charge in [0, 0.05) is 12.0 Å². The lowest BCUT2D eigenvalue weighted by atomic mass is 9.86. The summed E-state index contributed by atoms with van der Waals surface area (Å²) < 4.78 is 5.18. The van der Waals surface area contributed by atoms with Crippen molar-refractivity contribution in [3.05, 3.63) is 54.1 Å². The summed E-state index contributed by atoms with van der Waals surface area (Å²) in [4.78, 5) is 12.6. The molecule has 2 rings (SSSR count). The fraction of sp³-hybridized carbons (Fsp3) is 0.316. The third-order valence-electron chi connectivity index (χ3n) is 3.32. The van der Waals surface area contributed by atoms with Crippen molar-refractivity contribution in [2.24, 2.45) is 5.41 Å². The minimum atomic E-state index is -0.00982. The van der Waals surface area contributed by atoms with Gasteiger partial charge in [-0.2, -0.15) is 0 Å². The van der Waals surface area contributed by atoms with Gasteiger partial charge in [0.05, 0.1) is 7.11 Å². The van der Waals surface area contributed by atoms with Gasteiger partial charge in [0.2, 0.25) is 0 Å². The van der Waals surface area contributed by atoms with Crippen LogP contribution < -0.4 is 4.74 Å². The number of carbonyl (C=O) groups is 1. The average Bonchev–Trinajstić information content (AvgIpc) is 2.45. The number of benzene rings is 2. The van der Waals surface area contributed by atoms with Crippen LogP contribution in [0.5, 0.6) is 5.75 Å². The van der Waals surface area contributed by atoms with Crippen molar-refractivity contribution < 1.29 is 9.53 Å². The Labute approximate surface area is 126 Å². The zero-order chi connectivity index (χ0) is 15.5. The molecule has 0 N–H and O–H groups in total. The van der Waals surface area contributed by atoms with Crippen LogP contribution in [0.25, 0.3) is 11.1 Å². The highest BCUT2D eigenvalue weighted by Crippen LogP contribution is 2.29. The van der Waals surface area contributed by atoms with Crippen molar-refractivity contribution in [1.82, 2.24) is 0 Å². The third-order valence-corrected chi connectivity index (χ3v) is 3.32. The van der Waals surface area contributed by atoms with Gasteiger partial charge in [0.1, 0.15) is 5.75 Å². The fourth-order valence-corrected chi connectivity index (χ4v) is 2.33. The van der Waals surface area contributed by atoms with Gasteiger partial charge in [-0.05, 0) is 28.7 Å². The number of ether oxygens (including phenoxy) is 1. The normalized spacial score (nSPS) is 11.2.